The van der Waals surface area contributed by atoms with E-state index in [-0.39, 0.29) is 6.03 Å². The van der Waals surface area contributed by atoms with Gasteiger partial charge in [-0.25, -0.2) is 4.79 Å². The molecular weight excluding hydrogens is 281 g/mol. The number of carbonyl (C=O) groups is 1. The van der Waals surface area contributed by atoms with Crippen LogP contribution in [0.1, 0.15) is 37.3 Å². The van der Waals surface area contributed by atoms with Gasteiger partial charge in [-0.3, -0.25) is 0 Å². The Hall–Kier alpha value is -1.72. The standard InChI is InChI=1S/C15H21F3N2O/c1-2-3-4-9-19-14(21)20-10-8-12-6-5-7-13(11-12)15(16,17)18/h5-7,11H,2-4,8-10H2,1H3,(H2,19,20,21). The van der Waals surface area contributed by atoms with Crippen molar-refractivity contribution in [1.29, 1.82) is 0 Å². The van der Waals surface area contributed by atoms with E-state index in [0.717, 1.165) is 31.4 Å². The topological polar surface area (TPSA) is 41.1 Å². The maximum atomic E-state index is 12.5. The second kappa shape index (κ2) is 8.54. The van der Waals surface area contributed by atoms with Crippen LogP contribution in [0.2, 0.25) is 0 Å². The van der Waals surface area contributed by atoms with E-state index in [1.807, 2.05) is 0 Å². The van der Waals surface area contributed by atoms with Crippen LogP contribution >= 0.6 is 0 Å². The summed E-state index contributed by atoms with van der Waals surface area (Å²) in [6.07, 6.45) is -0.896. The number of carbonyl (C=O) groups excluding carboxylic acids is 1. The molecule has 0 spiro atoms. The molecule has 0 fully saturated rings. The zero-order valence-corrected chi connectivity index (χ0v) is 12.1. The van der Waals surface area contributed by atoms with Crippen molar-refractivity contribution in [2.45, 2.75) is 38.8 Å². The van der Waals surface area contributed by atoms with E-state index >= 15 is 0 Å². The Kier molecular flexibility index (Phi) is 7.05. The number of hydrogen-bond donors (Lipinski definition) is 2. The van der Waals surface area contributed by atoms with Crippen LogP contribution in [-0.2, 0) is 12.6 Å². The molecule has 6 heteroatoms. The minimum absolute atomic E-state index is 0.280. The monoisotopic (exact) mass is 302 g/mol. The lowest BCUT2D eigenvalue weighted by Crippen LogP contribution is -2.37. The summed E-state index contributed by atoms with van der Waals surface area (Å²) in [5.74, 6) is 0. The summed E-state index contributed by atoms with van der Waals surface area (Å²) in [4.78, 5) is 11.4. The molecule has 0 saturated heterocycles. The van der Waals surface area contributed by atoms with Crippen LogP contribution < -0.4 is 10.6 Å². The van der Waals surface area contributed by atoms with Gasteiger partial charge < -0.3 is 10.6 Å². The van der Waals surface area contributed by atoms with Crippen molar-refractivity contribution in [3.63, 3.8) is 0 Å². The number of amides is 2. The highest BCUT2D eigenvalue weighted by atomic mass is 19.4. The Morgan fingerprint density at radius 2 is 1.86 bits per heavy atom. The number of alkyl halides is 3. The highest BCUT2D eigenvalue weighted by Crippen LogP contribution is 2.29. The van der Waals surface area contributed by atoms with E-state index in [1.165, 1.54) is 6.07 Å². The van der Waals surface area contributed by atoms with Crippen LogP contribution in [0, 0.1) is 0 Å². The SMILES string of the molecule is CCCCCNC(=O)NCCc1cccc(C(F)(F)F)c1. The van der Waals surface area contributed by atoms with Gasteiger partial charge in [-0.2, -0.15) is 13.2 Å². The number of unbranched alkanes of at least 4 members (excludes halogenated alkanes) is 2. The Bertz CT molecular complexity index is 447. The van der Waals surface area contributed by atoms with E-state index in [2.05, 4.69) is 17.6 Å². The zero-order valence-electron chi connectivity index (χ0n) is 12.1. The third-order valence-corrected chi connectivity index (χ3v) is 3.02. The lowest BCUT2D eigenvalue weighted by Gasteiger charge is -2.10. The highest BCUT2D eigenvalue weighted by Gasteiger charge is 2.30. The molecule has 0 saturated carbocycles. The molecule has 1 aromatic rings. The van der Waals surface area contributed by atoms with Crippen molar-refractivity contribution in [3.8, 4) is 0 Å². The molecule has 0 bridgehead atoms. The van der Waals surface area contributed by atoms with Crippen LogP contribution in [-0.4, -0.2) is 19.1 Å². The fourth-order valence-corrected chi connectivity index (χ4v) is 1.86. The molecule has 0 radical (unpaired) electrons. The first-order valence-electron chi connectivity index (χ1n) is 7.11. The molecular formula is C15H21F3N2O. The van der Waals surface area contributed by atoms with Crippen LogP contribution in [0.15, 0.2) is 24.3 Å². The Morgan fingerprint density at radius 3 is 2.52 bits per heavy atom. The summed E-state index contributed by atoms with van der Waals surface area (Å²) in [5.41, 5.74) is -0.111. The van der Waals surface area contributed by atoms with E-state index in [0.29, 0.717) is 25.1 Å². The summed E-state index contributed by atoms with van der Waals surface area (Å²) >= 11 is 0. The van der Waals surface area contributed by atoms with Gasteiger partial charge in [-0.15, -0.1) is 0 Å². The largest absolute Gasteiger partial charge is 0.416 e. The summed E-state index contributed by atoms with van der Waals surface area (Å²) < 4.78 is 37.6. The molecule has 0 atom stereocenters. The van der Waals surface area contributed by atoms with Gasteiger partial charge in [0.15, 0.2) is 0 Å². The minimum Gasteiger partial charge on any atom is -0.338 e. The molecule has 0 aliphatic rings. The van der Waals surface area contributed by atoms with E-state index < -0.39 is 11.7 Å². The van der Waals surface area contributed by atoms with Gasteiger partial charge in [0.25, 0.3) is 0 Å². The molecule has 3 nitrogen and oxygen atoms in total. The molecule has 21 heavy (non-hydrogen) atoms. The predicted octanol–water partition coefficient (Wildman–Crippen LogP) is 3.74. The molecule has 1 rings (SSSR count). The van der Waals surface area contributed by atoms with Crippen molar-refractivity contribution in [1.82, 2.24) is 10.6 Å². The normalized spacial score (nSPS) is 11.2. The van der Waals surface area contributed by atoms with Gasteiger partial charge in [0.2, 0.25) is 0 Å². The second-order valence-electron chi connectivity index (χ2n) is 4.84. The second-order valence-corrected chi connectivity index (χ2v) is 4.84. The first-order valence-corrected chi connectivity index (χ1v) is 7.11. The minimum atomic E-state index is -4.33. The van der Waals surface area contributed by atoms with Crippen molar-refractivity contribution >= 4 is 6.03 Å². The third-order valence-electron chi connectivity index (χ3n) is 3.02. The number of nitrogens with one attached hydrogen (secondary N) is 2. The summed E-state index contributed by atoms with van der Waals surface area (Å²) in [7, 11) is 0. The van der Waals surface area contributed by atoms with Crippen LogP contribution in [0.25, 0.3) is 0 Å². The number of benzene rings is 1. The van der Waals surface area contributed by atoms with Crippen LogP contribution in [0.4, 0.5) is 18.0 Å². The van der Waals surface area contributed by atoms with Gasteiger partial charge in [0, 0.05) is 13.1 Å². The molecule has 0 aliphatic carbocycles. The Morgan fingerprint density at radius 1 is 1.14 bits per heavy atom. The summed E-state index contributed by atoms with van der Waals surface area (Å²) in [5, 5.41) is 5.34. The fraction of sp³-hybridized carbons (Fsp3) is 0.533. The average molecular weight is 302 g/mol. The van der Waals surface area contributed by atoms with Crippen molar-refractivity contribution in [2.24, 2.45) is 0 Å². The molecule has 118 valence electrons. The number of rotatable bonds is 7. The molecule has 1 aromatic carbocycles. The van der Waals surface area contributed by atoms with E-state index in [9.17, 15) is 18.0 Å². The van der Waals surface area contributed by atoms with Gasteiger partial charge in [0.1, 0.15) is 0 Å². The molecule has 2 N–H and O–H groups in total. The number of hydrogen-bond acceptors (Lipinski definition) is 1. The number of urea groups is 1. The van der Waals surface area contributed by atoms with Gasteiger partial charge in [-0.1, -0.05) is 38.0 Å². The molecule has 0 unspecified atom stereocenters. The fourth-order valence-electron chi connectivity index (χ4n) is 1.86. The maximum Gasteiger partial charge on any atom is 0.416 e. The highest BCUT2D eigenvalue weighted by molar-refractivity contribution is 5.73. The average Bonchev–Trinajstić information content (AvgIpc) is 2.43. The predicted molar refractivity (Wildman–Crippen MR) is 76.1 cm³/mol. The van der Waals surface area contributed by atoms with Crippen molar-refractivity contribution < 1.29 is 18.0 Å². The summed E-state index contributed by atoms with van der Waals surface area (Å²) in [6, 6.07) is 4.87. The lowest BCUT2D eigenvalue weighted by molar-refractivity contribution is -0.137. The smallest absolute Gasteiger partial charge is 0.338 e. The Balaban J connectivity index is 2.31. The first kappa shape index (κ1) is 17.3. The number of halogens is 3. The first-order chi connectivity index (χ1) is 9.93. The van der Waals surface area contributed by atoms with E-state index in [4.69, 9.17) is 0 Å². The molecule has 0 heterocycles. The van der Waals surface area contributed by atoms with Crippen molar-refractivity contribution in [2.75, 3.05) is 13.1 Å². The molecule has 0 aliphatic heterocycles. The van der Waals surface area contributed by atoms with Crippen molar-refractivity contribution in [3.05, 3.63) is 35.4 Å². The molecule has 2 amide bonds. The quantitative estimate of drug-likeness (QED) is 0.740. The van der Waals surface area contributed by atoms with E-state index in [1.54, 1.807) is 6.07 Å². The molecule has 0 aromatic heterocycles. The zero-order chi connectivity index (χ0) is 15.7. The third kappa shape index (κ3) is 7.02. The lowest BCUT2D eigenvalue weighted by atomic mass is 10.1. The van der Waals surface area contributed by atoms with Gasteiger partial charge in [0.05, 0.1) is 5.56 Å². The Labute approximate surface area is 122 Å². The maximum absolute atomic E-state index is 12.5. The van der Waals surface area contributed by atoms with Crippen LogP contribution in [0.3, 0.4) is 0 Å². The van der Waals surface area contributed by atoms with Crippen LogP contribution in [0.5, 0.6) is 0 Å². The van der Waals surface area contributed by atoms with Gasteiger partial charge >= 0.3 is 12.2 Å². The van der Waals surface area contributed by atoms with Gasteiger partial charge in [-0.05, 0) is 24.5 Å². The summed E-state index contributed by atoms with van der Waals surface area (Å²) in [6.45, 7) is 3.00.